The molecule has 1 heteroatoms. The summed E-state index contributed by atoms with van der Waals surface area (Å²) in [6, 6.07) is 0. The summed E-state index contributed by atoms with van der Waals surface area (Å²) in [6.45, 7) is 6.97. The fourth-order valence-electron chi connectivity index (χ4n) is 1.04. The van der Waals surface area contributed by atoms with Crippen LogP contribution in [0.25, 0.3) is 0 Å². The average molecular weight is 188 g/mol. The quantitative estimate of drug-likeness (QED) is 0.595. The van der Waals surface area contributed by atoms with Gasteiger partial charge >= 0.3 is 0 Å². The van der Waals surface area contributed by atoms with E-state index in [9.17, 15) is 0 Å². The van der Waals surface area contributed by atoms with E-state index in [-0.39, 0.29) is 0 Å². The largest absolute Gasteiger partial charge is 0.396 e. The van der Waals surface area contributed by atoms with Gasteiger partial charge in [-0.3, -0.25) is 0 Å². The monoisotopic (exact) mass is 188 g/mol. The van der Waals surface area contributed by atoms with Crippen molar-refractivity contribution in [2.75, 3.05) is 6.61 Å². The van der Waals surface area contributed by atoms with Gasteiger partial charge in [0.05, 0.1) is 0 Å². The summed E-state index contributed by atoms with van der Waals surface area (Å²) in [5.41, 5.74) is 0. The van der Waals surface area contributed by atoms with Crippen LogP contribution in [0.1, 0.15) is 72.1 Å². The van der Waals surface area contributed by atoms with E-state index in [1.807, 2.05) is 0 Å². The van der Waals surface area contributed by atoms with Crippen LogP contribution in [0.15, 0.2) is 0 Å². The van der Waals surface area contributed by atoms with Gasteiger partial charge < -0.3 is 5.11 Å². The second kappa shape index (κ2) is 17.9. The lowest BCUT2D eigenvalue weighted by Crippen LogP contribution is -1.78. The number of unbranched alkanes of at least 4 members (excludes halogenated alkanes) is 6. The Morgan fingerprint density at radius 1 is 0.615 bits per heavy atom. The van der Waals surface area contributed by atoms with Gasteiger partial charge in [0.25, 0.3) is 0 Å². The Bertz CT molecular complexity index is 54.1. The number of rotatable bonds is 7. The normalized spacial score (nSPS) is 9.23. The first kappa shape index (κ1) is 15.4. The van der Waals surface area contributed by atoms with E-state index in [1.165, 1.54) is 38.5 Å². The van der Waals surface area contributed by atoms with E-state index < -0.39 is 0 Å². The van der Waals surface area contributed by atoms with Crippen LogP contribution < -0.4 is 0 Å². The van der Waals surface area contributed by atoms with Crippen molar-refractivity contribution < 1.29 is 5.11 Å². The van der Waals surface area contributed by atoms with E-state index in [0.29, 0.717) is 6.61 Å². The lowest BCUT2D eigenvalue weighted by Gasteiger charge is -1.90. The summed E-state index contributed by atoms with van der Waals surface area (Å²) < 4.78 is 0. The molecule has 0 saturated heterocycles. The molecular formula is C12H28O. The molecule has 0 bridgehead atoms. The van der Waals surface area contributed by atoms with Gasteiger partial charge in [0.2, 0.25) is 0 Å². The van der Waals surface area contributed by atoms with Crippen LogP contribution in [0.3, 0.4) is 0 Å². The summed E-state index contributed by atoms with van der Waals surface area (Å²) in [5.74, 6) is 0. The predicted octanol–water partition coefficient (Wildman–Crippen LogP) is 4.15. The van der Waals surface area contributed by atoms with Crippen molar-refractivity contribution in [3.63, 3.8) is 0 Å². The van der Waals surface area contributed by atoms with Gasteiger partial charge in [0.1, 0.15) is 0 Å². The van der Waals surface area contributed by atoms with Crippen molar-refractivity contribution in [3.8, 4) is 0 Å². The van der Waals surface area contributed by atoms with Gasteiger partial charge in [-0.2, -0.15) is 0 Å². The van der Waals surface area contributed by atoms with Crippen molar-refractivity contribution in [1.29, 1.82) is 0 Å². The third-order valence-corrected chi connectivity index (χ3v) is 1.97. The van der Waals surface area contributed by atoms with Crippen molar-refractivity contribution in [3.05, 3.63) is 0 Å². The highest BCUT2D eigenvalue weighted by atomic mass is 16.2. The highest BCUT2D eigenvalue weighted by Gasteiger charge is 1.80. The van der Waals surface area contributed by atoms with Gasteiger partial charge in [-0.25, -0.2) is 0 Å². The van der Waals surface area contributed by atoms with Crippen LogP contribution in [0.5, 0.6) is 0 Å². The zero-order valence-electron chi connectivity index (χ0n) is 9.81. The van der Waals surface area contributed by atoms with Crippen LogP contribution in [0.4, 0.5) is 0 Å². The molecule has 0 heterocycles. The van der Waals surface area contributed by atoms with Crippen molar-refractivity contribution in [1.82, 2.24) is 0 Å². The van der Waals surface area contributed by atoms with Gasteiger partial charge in [-0.15, -0.1) is 0 Å². The van der Waals surface area contributed by atoms with E-state index in [4.69, 9.17) is 5.11 Å². The molecule has 0 aliphatic rings. The molecule has 0 aromatic rings. The Kier molecular flexibility index (Phi) is 21.2. The highest BCUT2D eigenvalue weighted by Crippen LogP contribution is 2.00. The molecule has 0 amide bonds. The van der Waals surface area contributed by atoms with Crippen LogP contribution in [0, 0.1) is 0 Å². The fourth-order valence-corrected chi connectivity index (χ4v) is 1.04. The first-order valence-corrected chi connectivity index (χ1v) is 5.94. The first-order chi connectivity index (χ1) is 6.33. The minimum absolute atomic E-state index is 0.355. The zero-order chi connectivity index (χ0) is 10.4. The maximum Gasteiger partial charge on any atom is 0.0431 e. The number of hydrogen-bond acceptors (Lipinski definition) is 1. The van der Waals surface area contributed by atoms with Crippen molar-refractivity contribution in [2.24, 2.45) is 0 Å². The molecule has 0 fully saturated rings. The Hall–Kier alpha value is -0.0400. The Labute approximate surface area is 84.6 Å². The molecule has 0 rings (SSSR count). The third kappa shape index (κ3) is 24.5. The molecule has 0 atom stereocenters. The first-order valence-electron chi connectivity index (χ1n) is 5.94. The molecule has 0 aliphatic carbocycles. The number of aliphatic hydroxyl groups excluding tert-OH is 1. The molecule has 0 aromatic carbocycles. The van der Waals surface area contributed by atoms with Crippen molar-refractivity contribution >= 4 is 0 Å². The Morgan fingerprint density at radius 3 is 1.23 bits per heavy atom. The minimum Gasteiger partial charge on any atom is -0.396 e. The lowest BCUT2D eigenvalue weighted by molar-refractivity contribution is 0.284. The van der Waals surface area contributed by atoms with Gasteiger partial charge in [0, 0.05) is 6.61 Å². The summed E-state index contributed by atoms with van der Waals surface area (Å²) >= 11 is 0. The van der Waals surface area contributed by atoms with E-state index in [0.717, 1.165) is 12.8 Å². The Balaban J connectivity index is 0. The fraction of sp³-hybridized carbons (Fsp3) is 1.00. The molecule has 13 heavy (non-hydrogen) atoms. The smallest absolute Gasteiger partial charge is 0.0431 e. The van der Waals surface area contributed by atoms with E-state index >= 15 is 0 Å². The van der Waals surface area contributed by atoms with Crippen LogP contribution in [-0.4, -0.2) is 11.7 Å². The molecule has 1 nitrogen and oxygen atoms in total. The van der Waals surface area contributed by atoms with Crippen LogP contribution in [0.2, 0.25) is 0 Å². The number of hydrogen-bond donors (Lipinski definition) is 1. The van der Waals surface area contributed by atoms with Crippen LogP contribution >= 0.6 is 0 Å². The Morgan fingerprint density at radius 2 is 1.00 bits per heavy atom. The SMILES string of the molecule is CCCCCCC.CCCCCO. The molecule has 0 spiro atoms. The van der Waals surface area contributed by atoms with Crippen LogP contribution in [-0.2, 0) is 0 Å². The van der Waals surface area contributed by atoms with Gasteiger partial charge in [0.15, 0.2) is 0 Å². The molecule has 0 aliphatic heterocycles. The molecule has 0 aromatic heterocycles. The molecular weight excluding hydrogens is 160 g/mol. The summed E-state index contributed by atoms with van der Waals surface area (Å²) in [6.07, 6.45) is 10.3. The summed E-state index contributed by atoms with van der Waals surface area (Å²) in [7, 11) is 0. The summed E-state index contributed by atoms with van der Waals surface area (Å²) in [5, 5.41) is 8.20. The third-order valence-electron chi connectivity index (χ3n) is 1.97. The standard InChI is InChI=1S/C7H16.C5H12O/c1-3-5-7-6-4-2;1-2-3-4-5-6/h3-7H2,1-2H3;6H,2-5H2,1H3. The maximum atomic E-state index is 8.20. The predicted molar refractivity (Wildman–Crippen MR) is 61.0 cm³/mol. The molecule has 0 unspecified atom stereocenters. The second-order valence-electron chi connectivity index (χ2n) is 3.49. The highest BCUT2D eigenvalue weighted by molar-refractivity contribution is 4.35. The average Bonchev–Trinajstić information content (AvgIpc) is 2.17. The number of aliphatic hydroxyl groups is 1. The van der Waals surface area contributed by atoms with E-state index in [1.54, 1.807) is 0 Å². The molecule has 1 N–H and O–H groups in total. The topological polar surface area (TPSA) is 20.2 Å². The molecule has 82 valence electrons. The molecule has 0 radical (unpaired) electrons. The molecule has 0 saturated carbocycles. The lowest BCUT2D eigenvalue weighted by atomic mass is 10.2. The van der Waals surface area contributed by atoms with Crippen molar-refractivity contribution in [2.45, 2.75) is 72.1 Å². The minimum atomic E-state index is 0.355. The summed E-state index contributed by atoms with van der Waals surface area (Å²) in [4.78, 5) is 0. The maximum absolute atomic E-state index is 8.20. The zero-order valence-corrected chi connectivity index (χ0v) is 9.81. The second-order valence-corrected chi connectivity index (χ2v) is 3.49. The van der Waals surface area contributed by atoms with Gasteiger partial charge in [-0.05, 0) is 6.42 Å². The van der Waals surface area contributed by atoms with E-state index in [2.05, 4.69) is 20.8 Å². The van der Waals surface area contributed by atoms with Gasteiger partial charge in [-0.1, -0.05) is 65.7 Å².